The van der Waals surface area contributed by atoms with E-state index in [2.05, 4.69) is 10.3 Å². The fourth-order valence-corrected chi connectivity index (χ4v) is 3.10. The summed E-state index contributed by atoms with van der Waals surface area (Å²) in [7, 11) is 1.30. The molecule has 7 heteroatoms. The molecule has 1 heterocycles. The van der Waals surface area contributed by atoms with Crippen molar-refractivity contribution in [3.63, 3.8) is 0 Å². The summed E-state index contributed by atoms with van der Waals surface area (Å²) in [6, 6.07) is 10.8. The Hall–Kier alpha value is -3.06. The third-order valence-electron chi connectivity index (χ3n) is 3.73. The molecule has 0 unspecified atom stereocenters. The van der Waals surface area contributed by atoms with Crippen LogP contribution in [0.25, 0.3) is 10.6 Å². The van der Waals surface area contributed by atoms with Gasteiger partial charge in [0.25, 0.3) is 5.91 Å². The van der Waals surface area contributed by atoms with E-state index in [-0.39, 0.29) is 17.4 Å². The molecule has 0 bridgehead atoms. The number of halogens is 1. The molecule has 3 aromatic rings. The number of carbonyl (C=O) groups is 2. The molecule has 0 atom stereocenters. The van der Waals surface area contributed by atoms with Gasteiger partial charge in [-0.05, 0) is 48.9 Å². The summed E-state index contributed by atoms with van der Waals surface area (Å²) in [6.07, 6.45) is 0. The quantitative estimate of drug-likeness (QED) is 0.696. The average molecular weight is 370 g/mol. The topological polar surface area (TPSA) is 68.3 Å². The summed E-state index contributed by atoms with van der Waals surface area (Å²) in [5.41, 5.74) is 2.64. The van der Waals surface area contributed by atoms with Gasteiger partial charge in [0.15, 0.2) is 0 Å². The summed E-state index contributed by atoms with van der Waals surface area (Å²) in [5.74, 6) is -1.20. The number of anilines is 1. The maximum atomic E-state index is 13.0. The first-order valence-corrected chi connectivity index (χ1v) is 8.57. The predicted octanol–water partition coefficient (Wildman–Crippen LogP) is 4.30. The Morgan fingerprint density at radius 3 is 2.58 bits per heavy atom. The van der Waals surface area contributed by atoms with Crippen molar-refractivity contribution in [2.75, 3.05) is 12.4 Å². The standard InChI is InChI=1S/C19H15FN2O3S/c1-11-3-4-13(19(24)25-2)9-15(11)21-17(23)16-10-26-18(22-16)12-5-7-14(20)8-6-12/h3-10H,1-2H3,(H,21,23). The van der Waals surface area contributed by atoms with Crippen LogP contribution in [0, 0.1) is 12.7 Å². The number of methoxy groups -OCH3 is 1. The van der Waals surface area contributed by atoms with Crippen LogP contribution in [0.3, 0.4) is 0 Å². The largest absolute Gasteiger partial charge is 0.465 e. The molecule has 3 rings (SSSR count). The van der Waals surface area contributed by atoms with Gasteiger partial charge in [0.1, 0.15) is 16.5 Å². The second-order valence-electron chi connectivity index (χ2n) is 5.52. The van der Waals surface area contributed by atoms with Gasteiger partial charge in [-0.1, -0.05) is 6.07 Å². The zero-order valence-corrected chi connectivity index (χ0v) is 14.9. The fraction of sp³-hybridized carbons (Fsp3) is 0.105. The van der Waals surface area contributed by atoms with Gasteiger partial charge in [0.05, 0.1) is 12.7 Å². The number of aryl methyl sites for hydroxylation is 1. The number of esters is 1. The molecule has 2 aromatic carbocycles. The van der Waals surface area contributed by atoms with E-state index in [1.165, 1.54) is 30.6 Å². The first-order valence-electron chi connectivity index (χ1n) is 7.69. The van der Waals surface area contributed by atoms with Crippen molar-refractivity contribution >= 4 is 28.9 Å². The van der Waals surface area contributed by atoms with Gasteiger partial charge in [-0.2, -0.15) is 0 Å². The summed E-state index contributed by atoms with van der Waals surface area (Å²) in [5, 5.41) is 5.01. The Morgan fingerprint density at radius 1 is 1.15 bits per heavy atom. The van der Waals surface area contributed by atoms with Crippen LogP contribution < -0.4 is 5.32 Å². The molecule has 0 aliphatic rings. The highest BCUT2D eigenvalue weighted by atomic mass is 32.1. The number of hydrogen-bond donors (Lipinski definition) is 1. The van der Waals surface area contributed by atoms with Gasteiger partial charge >= 0.3 is 5.97 Å². The number of rotatable bonds is 4. The van der Waals surface area contributed by atoms with Crippen LogP contribution in [-0.4, -0.2) is 24.0 Å². The average Bonchev–Trinajstić information content (AvgIpc) is 3.13. The lowest BCUT2D eigenvalue weighted by Gasteiger charge is -2.09. The molecule has 0 fully saturated rings. The molecule has 1 aromatic heterocycles. The number of benzene rings is 2. The van der Waals surface area contributed by atoms with Crippen LogP contribution in [0.5, 0.6) is 0 Å². The second kappa shape index (κ2) is 7.45. The minimum absolute atomic E-state index is 0.247. The second-order valence-corrected chi connectivity index (χ2v) is 6.38. The number of nitrogens with zero attached hydrogens (tertiary/aromatic N) is 1. The van der Waals surface area contributed by atoms with Crippen LogP contribution in [-0.2, 0) is 4.74 Å². The third kappa shape index (κ3) is 3.78. The Balaban J connectivity index is 1.81. The SMILES string of the molecule is COC(=O)c1ccc(C)c(NC(=O)c2csc(-c3ccc(F)cc3)n2)c1. The van der Waals surface area contributed by atoms with Crippen LogP contribution in [0.2, 0.25) is 0 Å². The monoisotopic (exact) mass is 370 g/mol. The number of thiazole rings is 1. The number of ether oxygens (including phenoxy) is 1. The zero-order valence-electron chi connectivity index (χ0n) is 14.1. The van der Waals surface area contributed by atoms with E-state index < -0.39 is 5.97 Å². The molecule has 0 spiro atoms. The normalized spacial score (nSPS) is 10.4. The summed E-state index contributed by atoms with van der Waals surface area (Å²) in [6.45, 7) is 1.82. The van der Waals surface area contributed by atoms with Crippen LogP contribution in [0.1, 0.15) is 26.4 Å². The molecule has 0 saturated carbocycles. The summed E-state index contributed by atoms with van der Waals surface area (Å²) in [4.78, 5) is 28.4. The lowest BCUT2D eigenvalue weighted by Crippen LogP contribution is -2.14. The molecule has 0 saturated heterocycles. The number of nitrogens with one attached hydrogen (secondary N) is 1. The first-order chi connectivity index (χ1) is 12.5. The van der Waals surface area contributed by atoms with E-state index in [1.54, 1.807) is 35.7 Å². The predicted molar refractivity (Wildman–Crippen MR) is 98.0 cm³/mol. The van der Waals surface area contributed by atoms with E-state index in [0.29, 0.717) is 16.3 Å². The highest BCUT2D eigenvalue weighted by Crippen LogP contribution is 2.25. The van der Waals surface area contributed by atoms with Gasteiger partial charge in [-0.3, -0.25) is 4.79 Å². The molecule has 0 radical (unpaired) electrons. The van der Waals surface area contributed by atoms with Crippen molar-refractivity contribution < 1.29 is 18.7 Å². The molecule has 0 aliphatic carbocycles. The first kappa shape index (κ1) is 17.8. The molecule has 132 valence electrons. The molecular formula is C19H15FN2O3S. The van der Waals surface area contributed by atoms with E-state index in [0.717, 1.165) is 11.1 Å². The lowest BCUT2D eigenvalue weighted by atomic mass is 10.1. The van der Waals surface area contributed by atoms with Crippen molar-refractivity contribution in [3.05, 3.63) is 70.5 Å². The smallest absolute Gasteiger partial charge is 0.337 e. The van der Waals surface area contributed by atoms with Crippen LogP contribution in [0.15, 0.2) is 47.8 Å². The van der Waals surface area contributed by atoms with E-state index in [9.17, 15) is 14.0 Å². The minimum atomic E-state index is -0.479. The van der Waals surface area contributed by atoms with Gasteiger partial charge in [0.2, 0.25) is 0 Å². The number of hydrogen-bond acceptors (Lipinski definition) is 5. The Morgan fingerprint density at radius 2 is 1.88 bits per heavy atom. The number of amides is 1. The van der Waals surface area contributed by atoms with Crippen molar-refractivity contribution in [1.82, 2.24) is 4.98 Å². The summed E-state index contributed by atoms with van der Waals surface area (Å²) < 4.78 is 17.7. The van der Waals surface area contributed by atoms with E-state index in [1.807, 2.05) is 6.92 Å². The Bertz CT molecular complexity index is 967. The fourth-order valence-electron chi connectivity index (χ4n) is 2.29. The van der Waals surface area contributed by atoms with Crippen molar-refractivity contribution in [2.45, 2.75) is 6.92 Å². The Labute approximate surface area is 153 Å². The van der Waals surface area contributed by atoms with Crippen molar-refractivity contribution in [1.29, 1.82) is 0 Å². The molecule has 5 nitrogen and oxygen atoms in total. The van der Waals surface area contributed by atoms with Gasteiger partial charge in [-0.15, -0.1) is 11.3 Å². The van der Waals surface area contributed by atoms with Crippen molar-refractivity contribution in [2.24, 2.45) is 0 Å². The maximum absolute atomic E-state index is 13.0. The maximum Gasteiger partial charge on any atom is 0.337 e. The Kier molecular flexibility index (Phi) is 5.09. The van der Waals surface area contributed by atoms with Gasteiger partial charge < -0.3 is 10.1 Å². The summed E-state index contributed by atoms with van der Waals surface area (Å²) >= 11 is 1.29. The van der Waals surface area contributed by atoms with Crippen LogP contribution >= 0.6 is 11.3 Å². The minimum Gasteiger partial charge on any atom is -0.465 e. The molecule has 1 N–H and O–H groups in total. The van der Waals surface area contributed by atoms with Crippen LogP contribution in [0.4, 0.5) is 10.1 Å². The highest BCUT2D eigenvalue weighted by molar-refractivity contribution is 7.13. The molecule has 0 aliphatic heterocycles. The van der Waals surface area contributed by atoms with Gasteiger partial charge in [0, 0.05) is 16.6 Å². The lowest BCUT2D eigenvalue weighted by molar-refractivity contribution is 0.0600. The van der Waals surface area contributed by atoms with Gasteiger partial charge in [-0.25, -0.2) is 14.2 Å². The van der Waals surface area contributed by atoms with E-state index >= 15 is 0 Å². The molecule has 1 amide bonds. The zero-order chi connectivity index (χ0) is 18.7. The third-order valence-corrected chi connectivity index (χ3v) is 4.63. The molecule has 26 heavy (non-hydrogen) atoms. The highest BCUT2D eigenvalue weighted by Gasteiger charge is 2.15. The number of aromatic nitrogens is 1. The van der Waals surface area contributed by atoms with Crippen molar-refractivity contribution in [3.8, 4) is 10.6 Å². The number of carbonyl (C=O) groups excluding carboxylic acids is 2. The molecular weight excluding hydrogens is 355 g/mol. The van der Waals surface area contributed by atoms with E-state index in [4.69, 9.17) is 4.74 Å².